The first-order chi connectivity index (χ1) is 12.9. The van der Waals surface area contributed by atoms with Gasteiger partial charge < -0.3 is 20.1 Å². The molecule has 0 amide bonds. The Labute approximate surface area is 161 Å². The average molecular weight is 382 g/mol. The van der Waals surface area contributed by atoms with Crippen LogP contribution < -0.4 is 0 Å². The lowest BCUT2D eigenvalue weighted by molar-refractivity contribution is -0.140. The van der Waals surface area contributed by atoms with Gasteiger partial charge in [0.1, 0.15) is 5.78 Å². The molecule has 0 bridgehead atoms. The summed E-state index contributed by atoms with van der Waals surface area (Å²) in [6.45, 7) is 1.89. The summed E-state index contributed by atoms with van der Waals surface area (Å²) in [5.41, 5.74) is 0. The number of ketones is 1. The maximum absolute atomic E-state index is 12.2. The molecule has 0 aromatic rings. The maximum Gasteiger partial charge on any atom is 0.305 e. The predicted molar refractivity (Wildman–Crippen MR) is 103 cm³/mol. The summed E-state index contributed by atoms with van der Waals surface area (Å²) >= 11 is 0. The fraction of sp³-hybridized carbons (Fsp3) is 0.714. The number of carbonyl (C=O) groups excluding carboxylic acids is 2. The Kier molecular flexibility index (Phi) is 11.2. The summed E-state index contributed by atoms with van der Waals surface area (Å²) < 4.78 is 4.58. The molecule has 1 unspecified atom stereocenters. The molecule has 1 aliphatic carbocycles. The zero-order valence-corrected chi connectivity index (χ0v) is 16.4. The second-order valence-corrected chi connectivity index (χ2v) is 7.19. The van der Waals surface area contributed by atoms with E-state index in [2.05, 4.69) is 4.74 Å². The van der Waals surface area contributed by atoms with Gasteiger partial charge in [-0.2, -0.15) is 0 Å². The van der Waals surface area contributed by atoms with Crippen molar-refractivity contribution < 1.29 is 29.6 Å². The molecule has 27 heavy (non-hydrogen) atoms. The van der Waals surface area contributed by atoms with E-state index in [9.17, 15) is 24.9 Å². The van der Waals surface area contributed by atoms with Crippen LogP contribution in [0.3, 0.4) is 0 Å². The van der Waals surface area contributed by atoms with Crippen molar-refractivity contribution in [3.05, 3.63) is 24.3 Å². The van der Waals surface area contributed by atoms with E-state index in [1.807, 2.05) is 19.1 Å². The number of methoxy groups -OCH3 is 1. The second-order valence-electron chi connectivity index (χ2n) is 7.19. The number of aliphatic hydroxyl groups excluding tert-OH is 3. The first-order valence-electron chi connectivity index (χ1n) is 9.86. The van der Waals surface area contributed by atoms with Gasteiger partial charge in [-0.1, -0.05) is 31.2 Å². The van der Waals surface area contributed by atoms with Crippen molar-refractivity contribution in [2.24, 2.45) is 11.8 Å². The molecule has 6 heteroatoms. The molecule has 0 radical (unpaired) electrons. The number of aliphatic hydroxyl groups is 3. The quantitative estimate of drug-likeness (QED) is 0.272. The third kappa shape index (κ3) is 8.82. The number of Topliss-reactive ketones (excluding diaryl/α,β-unsaturated/α-hetero) is 1. The van der Waals surface area contributed by atoms with Crippen LogP contribution in [0.4, 0.5) is 0 Å². The first kappa shape index (κ1) is 23.5. The van der Waals surface area contributed by atoms with Gasteiger partial charge >= 0.3 is 5.97 Å². The molecule has 0 aromatic carbocycles. The molecule has 0 spiro atoms. The predicted octanol–water partition coefficient (Wildman–Crippen LogP) is 2.31. The molecule has 5 atom stereocenters. The van der Waals surface area contributed by atoms with Crippen molar-refractivity contribution in [3.63, 3.8) is 0 Å². The van der Waals surface area contributed by atoms with E-state index < -0.39 is 18.3 Å². The molecule has 154 valence electrons. The summed E-state index contributed by atoms with van der Waals surface area (Å²) in [5.74, 6) is -0.788. The molecule has 1 fully saturated rings. The van der Waals surface area contributed by atoms with Crippen molar-refractivity contribution in [3.8, 4) is 0 Å². The van der Waals surface area contributed by atoms with Crippen LogP contribution in [0.25, 0.3) is 0 Å². The number of rotatable bonds is 12. The van der Waals surface area contributed by atoms with E-state index in [1.165, 1.54) is 7.11 Å². The van der Waals surface area contributed by atoms with Gasteiger partial charge in [0, 0.05) is 24.7 Å². The number of hydrogen-bond acceptors (Lipinski definition) is 6. The summed E-state index contributed by atoms with van der Waals surface area (Å²) in [5, 5.41) is 29.7. The van der Waals surface area contributed by atoms with Crippen molar-refractivity contribution in [2.75, 3.05) is 7.11 Å². The van der Waals surface area contributed by atoms with Gasteiger partial charge in [-0.05, 0) is 38.5 Å². The van der Waals surface area contributed by atoms with Crippen LogP contribution in [0.15, 0.2) is 24.3 Å². The van der Waals surface area contributed by atoms with E-state index in [0.29, 0.717) is 38.5 Å². The molecule has 1 rings (SSSR count). The van der Waals surface area contributed by atoms with E-state index in [-0.39, 0.29) is 30.0 Å². The molecule has 0 saturated heterocycles. The maximum atomic E-state index is 12.2. The van der Waals surface area contributed by atoms with E-state index in [4.69, 9.17) is 0 Å². The standard InChI is InChI=1S/C21H34O6/c1-3-15(22)10-11-16(23)12-13-18-17(19(24)14-20(18)25)8-6-4-5-7-9-21(26)27-2/h4,6,12-13,15-18,20,22-23,25H,3,5,7-11,14H2,1-2H3/b6-4-,13-12+/t15?,16-,17+,18+,20+/m0/s1. The molecule has 0 heterocycles. The average Bonchev–Trinajstić information content (AvgIpc) is 2.92. The Morgan fingerprint density at radius 1 is 1.30 bits per heavy atom. The SMILES string of the molecule is CCC(O)CC[C@H](O)/C=C/[C@H]1[C@H](O)CC(=O)[C@@H]1C/C=C\CCCC(=O)OC. The minimum atomic E-state index is -0.722. The van der Waals surface area contributed by atoms with Gasteiger partial charge in [0.2, 0.25) is 0 Å². The van der Waals surface area contributed by atoms with Crippen molar-refractivity contribution in [2.45, 2.75) is 76.6 Å². The number of hydrogen-bond donors (Lipinski definition) is 3. The second kappa shape index (κ2) is 12.8. The lowest BCUT2D eigenvalue weighted by Crippen LogP contribution is -2.19. The van der Waals surface area contributed by atoms with Gasteiger partial charge in [-0.3, -0.25) is 9.59 Å². The van der Waals surface area contributed by atoms with Gasteiger partial charge in [0.25, 0.3) is 0 Å². The Hall–Kier alpha value is -1.50. The number of unbranched alkanes of at least 4 members (excludes halogenated alkanes) is 1. The van der Waals surface area contributed by atoms with E-state index >= 15 is 0 Å². The molecule has 0 aromatic heterocycles. The van der Waals surface area contributed by atoms with Crippen LogP contribution >= 0.6 is 0 Å². The normalized spacial score (nSPS) is 25.4. The number of allylic oxidation sites excluding steroid dienone is 2. The number of ether oxygens (including phenoxy) is 1. The Morgan fingerprint density at radius 3 is 2.70 bits per heavy atom. The van der Waals surface area contributed by atoms with Crippen molar-refractivity contribution >= 4 is 11.8 Å². The minimum Gasteiger partial charge on any atom is -0.469 e. The van der Waals surface area contributed by atoms with Crippen molar-refractivity contribution in [1.82, 2.24) is 0 Å². The topological polar surface area (TPSA) is 104 Å². The zero-order valence-electron chi connectivity index (χ0n) is 16.4. The molecule has 0 aliphatic heterocycles. The van der Waals surface area contributed by atoms with E-state index in [1.54, 1.807) is 12.2 Å². The number of esters is 1. The van der Waals surface area contributed by atoms with E-state index in [0.717, 1.165) is 6.42 Å². The number of carbonyl (C=O) groups is 2. The third-order valence-electron chi connectivity index (χ3n) is 5.09. The molecule has 1 aliphatic rings. The Bertz CT molecular complexity index is 513. The van der Waals surface area contributed by atoms with Gasteiger partial charge in [0.15, 0.2) is 0 Å². The highest BCUT2D eigenvalue weighted by atomic mass is 16.5. The first-order valence-corrected chi connectivity index (χ1v) is 9.86. The molecule has 6 nitrogen and oxygen atoms in total. The van der Waals surface area contributed by atoms with Gasteiger partial charge in [-0.15, -0.1) is 0 Å². The van der Waals surface area contributed by atoms with Crippen LogP contribution in [0.1, 0.15) is 58.3 Å². The fourth-order valence-electron chi connectivity index (χ4n) is 3.27. The summed E-state index contributed by atoms with van der Waals surface area (Å²) in [6.07, 6.45) is 9.52. The highest BCUT2D eigenvalue weighted by molar-refractivity contribution is 5.84. The zero-order chi connectivity index (χ0) is 20.2. The van der Waals surface area contributed by atoms with Gasteiger partial charge in [-0.25, -0.2) is 0 Å². The van der Waals surface area contributed by atoms with Crippen LogP contribution in [0.5, 0.6) is 0 Å². The largest absolute Gasteiger partial charge is 0.469 e. The lowest BCUT2D eigenvalue weighted by atomic mass is 9.90. The summed E-state index contributed by atoms with van der Waals surface area (Å²) in [6, 6.07) is 0. The van der Waals surface area contributed by atoms with Crippen LogP contribution in [0.2, 0.25) is 0 Å². The van der Waals surface area contributed by atoms with Crippen molar-refractivity contribution in [1.29, 1.82) is 0 Å². The molecule has 3 N–H and O–H groups in total. The smallest absolute Gasteiger partial charge is 0.305 e. The molecular formula is C21H34O6. The fourth-order valence-corrected chi connectivity index (χ4v) is 3.27. The monoisotopic (exact) mass is 382 g/mol. The molecular weight excluding hydrogens is 348 g/mol. The molecule has 1 saturated carbocycles. The van der Waals surface area contributed by atoms with Crippen LogP contribution in [-0.4, -0.2) is 52.5 Å². The minimum absolute atomic E-state index is 0.0345. The third-order valence-corrected chi connectivity index (χ3v) is 5.09. The van der Waals surface area contributed by atoms with Crippen LogP contribution in [0, 0.1) is 11.8 Å². The highest BCUT2D eigenvalue weighted by Crippen LogP contribution is 2.33. The lowest BCUT2D eigenvalue weighted by Gasteiger charge is -2.17. The van der Waals surface area contributed by atoms with Gasteiger partial charge in [0.05, 0.1) is 25.4 Å². The summed E-state index contributed by atoms with van der Waals surface area (Å²) in [4.78, 5) is 23.2. The summed E-state index contributed by atoms with van der Waals surface area (Å²) in [7, 11) is 1.37. The van der Waals surface area contributed by atoms with Crippen LogP contribution in [-0.2, 0) is 14.3 Å². The Balaban J connectivity index is 2.48. The highest BCUT2D eigenvalue weighted by Gasteiger charge is 2.39. The Morgan fingerprint density at radius 2 is 2.04 bits per heavy atom.